The van der Waals surface area contributed by atoms with Gasteiger partial charge >= 0.3 is 12.1 Å². The standard InChI is InChI=1S/C41H68N4O8S/c1-24(2)19-31(43-38(49)30(17-18-54-11)42-39(50)36(26(5)6)45-40(51)53-41(8,9)10)32(46)20-27(7)37(48)44-35(25(3)4)33-22-29(23-34(47)52-33)21-28-15-13-12-14-16-28/h12-16,24-27,29-33,35-36,46H,17-23H2,1-11H3,(H,42,50)(H,43,49)(H,44,48)(H,45,51)/t27-,29-,30+,31+,32+,33+,35+,36+/m1/s1. The quantitative estimate of drug-likeness (QED) is 0.109. The summed E-state index contributed by atoms with van der Waals surface area (Å²) in [4.78, 5) is 66.1. The van der Waals surface area contributed by atoms with Gasteiger partial charge in [-0.25, -0.2) is 4.79 Å². The van der Waals surface area contributed by atoms with Crippen molar-refractivity contribution in [3.8, 4) is 0 Å². The Morgan fingerprint density at radius 3 is 2.09 bits per heavy atom. The summed E-state index contributed by atoms with van der Waals surface area (Å²) in [6.45, 7) is 18.4. The van der Waals surface area contributed by atoms with Crippen molar-refractivity contribution >= 4 is 41.5 Å². The maximum Gasteiger partial charge on any atom is 0.408 e. The summed E-state index contributed by atoms with van der Waals surface area (Å²) in [5, 5.41) is 23.1. The number of alkyl carbamates (subject to hydrolysis) is 1. The molecule has 0 radical (unpaired) electrons. The molecule has 1 aliphatic rings. The van der Waals surface area contributed by atoms with Gasteiger partial charge in [-0.2, -0.15) is 11.8 Å². The molecule has 306 valence electrons. The molecule has 4 amide bonds. The molecule has 1 heterocycles. The van der Waals surface area contributed by atoms with Crippen LogP contribution in [0, 0.1) is 29.6 Å². The summed E-state index contributed by atoms with van der Waals surface area (Å²) in [5.41, 5.74) is 0.402. The third-order valence-corrected chi connectivity index (χ3v) is 10.2. The Labute approximate surface area is 327 Å². The lowest BCUT2D eigenvalue weighted by molar-refractivity contribution is -0.160. The monoisotopic (exact) mass is 776 g/mol. The molecule has 0 bridgehead atoms. The molecule has 5 N–H and O–H groups in total. The van der Waals surface area contributed by atoms with E-state index in [2.05, 4.69) is 21.3 Å². The minimum Gasteiger partial charge on any atom is -0.460 e. The number of benzene rings is 1. The van der Waals surface area contributed by atoms with E-state index in [1.807, 2.05) is 64.3 Å². The average molecular weight is 777 g/mol. The first kappa shape index (κ1) is 46.8. The summed E-state index contributed by atoms with van der Waals surface area (Å²) in [7, 11) is 0. The molecule has 12 nitrogen and oxygen atoms in total. The summed E-state index contributed by atoms with van der Waals surface area (Å²) in [5.74, 6) is -1.66. The Kier molecular flexibility index (Phi) is 19.3. The van der Waals surface area contributed by atoms with E-state index in [1.54, 1.807) is 41.5 Å². The number of aliphatic hydroxyl groups is 1. The van der Waals surface area contributed by atoms with E-state index < -0.39 is 65.8 Å². The van der Waals surface area contributed by atoms with Gasteiger partial charge in [-0.15, -0.1) is 0 Å². The predicted molar refractivity (Wildman–Crippen MR) is 214 cm³/mol. The van der Waals surface area contributed by atoms with E-state index in [0.717, 1.165) is 12.0 Å². The van der Waals surface area contributed by atoms with E-state index in [-0.39, 0.29) is 42.0 Å². The smallest absolute Gasteiger partial charge is 0.408 e. The predicted octanol–water partition coefficient (Wildman–Crippen LogP) is 5.40. The van der Waals surface area contributed by atoms with E-state index in [9.17, 15) is 29.1 Å². The number of hydrogen-bond acceptors (Lipinski definition) is 9. The van der Waals surface area contributed by atoms with Crippen LogP contribution in [-0.2, 0) is 35.1 Å². The molecule has 1 aromatic carbocycles. The second-order valence-electron chi connectivity index (χ2n) is 17.0. The molecule has 2 rings (SSSR count). The van der Waals surface area contributed by atoms with E-state index >= 15 is 0 Å². The van der Waals surface area contributed by atoms with Gasteiger partial charge in [0, 0.05) is 12.3 Å². The zero-order valence-corrected chi connectivity index (χ0v) is 35.2. The molecule has 0 spiro atoms. The SMILES string of the molecule is CSCC[C@H](NC(=O)[C@@H](NC(=O)OC(C)(C)C)C(C)C)C(=O)N[C@@H](CC(C)C)[C@@H](O)C[C@@H](C)C(=O)N[C@@H](C(C)C)[C@@H]1C[C@@H](Cc2ccccc2)CC(=O)O1. The lowest BCUT2D eigenvalue weighted by atomic mass is 9.84. The maximum atomic E-state index is 13.8. The highest BCUT2D eigenvalue weighted by molar-refractivity contribution is 7.98. The molecule has 54 heavy (non-hydrogen) atoms. The number of carbonyl (C=O) groups is 5. The second-order valence-corrected chi connectivity index (χ2v) is 17.9. The van der Waals surface area contributed by atoms with Crippen LogP contribution in [0.1, 0.15) is 107 Å². The van der Waals surface area contributed by atoms with Gasteiger partial charge in [0.1, 0.15) is 23.8 Å². The minimum atomic E-state index is -1.06. The van der Waals surface area contributed by atoms with Gasteiger partial charge < -0.3 is 35.8 Å². The van der Waals surface area contributed by atoms with Gasteiger partial charge in [-0.1, -0.05) is 78.8 Å². The highest BCUT2D eigenvalue weighted by atomic mass is 32.2. The number of hydrogen-bond donors (Lipinski definition) is 5. The lowest BCUT2D eigenvalue weighted by Crippen LogP contribution is -2.58. The lowest BCUT2D eigenvalue weighted by Gasteiger charge is -2.37. The van der Waals surface area contributed by atoms with Gasteiger partial charge in [-0.3, -0.25) is 19.2 Å². The van der Waals surface area contributed by atoms with E-state index in [1.165, 1.54) is 11.8 Å². The van der Waals surface area contributed by atoms with E-state index in [4.69, 9.17) is 9.47 Å². The number of amides is 4. The topological polar surface area (TPSA) is 172 Å². The summed E-state index contributed by atoms with van der Waals surface area (Å²) >= 11 is 1.53. The minimum absolute atomic E-state index is 0.0182. The average Bonchev–Trinajstić information content (AvgIpc) is 3.06. The number of cyclic esters (lactones) is 1. The van der Waals surface area contributed by atoms with Crippen molar-refractivity contribution in [3.05, 3.63) is 35.9 Å². The van der Waals surface area contributed by atoms with Gasteiger partial charge in [-0.05, 0) is 94.1 Å². The summed E-state index contributed by atoms with van der Waals surface area (Å²) in [6.07, 6.45) is 2.19. The number of carbonyl (C=O) groups excluding carboxylic acids is 5. The first-order valence-corrected chi connectivity index (χ1v) is 20.9. The van der Waals surface area contributed by atoms with Crippen molar-refractivity contribution in [2.75, 3.05) is 12.0 Å². The molecule has 0 aromatic heterocycles. The first-order chi connectivity index (χ1) is 25.2. The van der Waals surface area contributed by atoms with Gasteiger partial charge in [0.25, 0.3) is 0 Å². The number of thioether (sulfide) groups is 1. The molecule has 1 fully saturated rings. The molecular weight excluding hydrogens is 709 g/mol. The number of ether oxygens (including phenoxy) is 2. The molecule has 8 atom stereocenters. The highest BCUT2D eigenvalue weighted by Crippen LogP contribution is 2.29. The number of rotatable bonds is 20. The summed E-state index contributed by atoms with van der Waals surface area (Å²) in [6, 6.07) is 7.05. The van der Waals surface area contributed by atoms with Crippen molar-refractivity contribution in [2.24, 2.45) is 29.6 Å². The van der Waals surface area contributed by atoms with Crippen molar-refractivity contribution in [1.82, 2.24) is 21.3 Å². The normalized spacial score (nSPS) is 19.6. The Morgan fingerprint density at radius 2 is 1.54 bits per heavy atom. The van der Waals surface area contributed by atoms with Crippen LogP contribution in [0.4, 0.5) is 4.79 Å². The maximum absolute atomic E-state index is 13.8. The van der Waals surface area contributed by atoms with Gasteiger partial charge in [0.2, 0.25) is 17.7 Å². The van der Waals surface area contributed by atoms with Gasteiger partial charge in [0.05, 0.1) is 18.2 Å². The highest BCUT2D eigenvalue weighted by Gasteiger charge is 2.38. The van der Waals surface area contributed by atoms with Crippen molar-refractivity contribution in [2.45, 2.75) is 150 Å². The zero-order valence-electron chi connectivity index (χ0n) is 34.4. The number of esters is 1. The molecule has 0 saturated carbocycles. The van der Waals surface area contributed by atoms with Crippen LogP contribution < -0.4 is 21.3 Å². The third kappa shape index (κ3) is 16.6. The Hall–Kier alpha value is -3.32. The molecule has 13 heteroatoms. The molecule has 1 aliphatic heterocycles. The summed E-state index contributed by atoms with van der Waals surface area (Å²) < 4.78 is 11.2. The first-order valence-electron chi connectivity index (χ1n) is 19.5. The Morgan fingerprint density at radius 1 is 0.889 bits per heavy atom. The molecule has 0 aliphatic carbocycles. The van der Waals surface area contributed by atoms with Crippen LogP contribution in [0.2, 0.25) is 0 Å². The van der Waals surface area contributed by atoms with Crippen molar-refractivity contribution in [3.63, 3.8) is 0 Å². The fraction of sp³-hybridized carbons (Fsp3) is 0.732. The largest absolute Gasteiger partial charge is 0.460 e. The van der Waals surface area contributed by atoms with Crippen LogP contribution >= 0.6 is 11.8 Å². The third-order valence-electron chi connectivity index (χ3n) is 9.52. The van der Waals surface area contributed by atoms with Crippen LogP contribution in [-0.4, -0.2) is 88.9 Å². The molecule has 1 aromatic rings. The van der Waals surface area contributed by atoms with Crippen LogP contribution in [0.5, 0.6) is 0 Å². The molecule has 0 unspecified atom stereocenters. The zero-order chi connectivity index (χ0) is 40.7. The molecule has 1 saturated heterocycles. The Balaban J connectivity index is 2.13. The van der Waals surface area contributed by atoms with Crippen molar-refractivity contribution < 1.29 is 38.6 Å². The van der Waals surface area contributed by atoms with Gasteiger partial charge in [0.15, 0.2) is 0 Å². The van der Waals surface area contributed by atoms with Crippen LogP contribution in [0.25, 0.3) is 0 Å². The Bertz CT molecular complexity index is 1350. The fourth-order valence-electron chi connectivity index (χ4n) is 6.70. The molecular formula is C41H68N4O8S. The number of nitrogens with one attached hydrogen (secondary N) is 4. The number of aliphatic hydroxyl groups excluding tert-OH is 1. The fourth-order valence-corrected chi connectivity index (χ4v) is 7.17. The van der Waals surface area contributed by atoms with E-state index in [0.29, 0.717) is 31.4 Å². The second kappa shape index (κ2) is 22.3. The van der Waals surface area contributed by atoms with Crippen LogP contribution in [0.15, 0.2) is 30.3 Å². The van der Waals surface area contributed by atoms with Crippen molar-refractivity contribution in [1.29, 1.82) is 0 Å². The van der Waals surface area contributed by atoms with Crippen LogP contribution in [0.3, 0.4) is 0 Å².